The maximum atomic E-state index is 13.9. The van der Waals surface area contributed by atoms with Gasteiger partial charge >= 0.3 is 5.97 Å². The van der Waals surface area contributed by atoms with Gasteiger partial charge in [0, 0.05) is 5.69 Å². The summed E-state index contributed by atoms with van der Waals surface area (Å²) in [6.45, 7) is 3.77. The predicted molar refractivity (Wildman–Crippen MR) is 77.0 cm³/mol. The van der Waals surface area contributed by atoms with E-state index in [1.165, 1.54) is 18.6 Å². The molecule has 2 rings (SSSR count). The summed E-state index contributed by atoms with van der Waals surface area (Å²) in [5, 5.41) is 0. The smallest absolute Gasteiger partial charge is 0.341 e. The lowest BCUT2D eigenvalue weighted by molar-refractivity contribution is 0.0159. The van der Waals surface area contributed by atoms with Crippen LogP contribution >= 0.6 is 0 Å². The van der Waals surface area contributed by atoms with E-state index in [-0.39, 0.29) is 11.7 Å². The average Bonchev–Trinajstić information content (AvgIpc) is 2.43. The number of benzene rings is 1. The highest BCUT2D eigenvalue weighted by Crippen LogP contribution is 2.29. The Morgan fingerprint density at radius 2 is 2.00 bits per heavy atom. The van der Waals surface area contributed by atoms with Crippen LogP contribution in [0.15, 0.2) is 12.1 Å². The molecule has 0 saturated heterocycles. The minimum atomic E-state index is -0.599. The molecule has 110 valence electrons. The Bertz CT molecular complexity index is 493. The lowest BCUT2D eigenvalue weighted by Crippen LogP contribution is -2.25. The first-order valence-electron chi connectivity index (χ1n) is 7.27. The number of carbonyl (C=O) groups is 1. The fourth-order valence-corrected chi connectivity index (χ4v) is 2.82. The highest BCUT2D eigenvalue weighted by atomic mass is 19.1. The van der Waals surface area contributed by atoms with Gasteiger partial charge in [-0.2, -0.15) is 0 Å². The standard InChI is InChI=1S/C16H22FNO2/c1-3-11-4-6-13(7-5-11)20-16(19)14-9-12(18)8-10(2)15(14)17/h8-9,11,13H,3-7,18H2,1-2H3. The van der Waals surface area contributed by atoms with Gasteiger partial charge in [0.1, 0.15) is 11.9 Å². The second-order valence-corrected chi connectivity index (χ2v) is 5.66. The Balaban J connectivity index is 2.02. The molecule has 1 aliphatic carbocycles. The largest absolute Gasteiger partial charge is 0.459 e. The zero-order valence-electron chi connectivity index (χ0n) is 12.1. The Morgan fingerprint density at radius 1 is 1.35 bits per heavy atom. The Labute approximate surface area is 119 Å². The van der Waals surface area contributed by atoms with Crippen LogP contribution in [0.3, 0.4) is 0 Å². The molecule has 0 amide bonds. The number of anilines is 1. The molecular weight excluding hydrogens is 257 g/mol. The Morgan fingerprint density at radius 3 is 2.60 bits per heavy atom. The van der Waals surface area contributed by atoms with Gasteiger partial charge < -0.3 is 10.5 Å². The molecule has 1 aromatic carbocycles. The van der Waals surface area contributed by atoms with E-state index >= 15 is 0 Å². The van der Waals surface area contributed by atoms with E-state index in [2.05, 4.69) is 6.92 Å². The minimum Gasteiger partial charge on any atom is -0.459 e. The summed E-state index contributed by atoms with van der Waals surface area (Å²) in [7, 11) is 0. The number of ether oxygens (including phenoxy) is 1. The van der Waals surface area contributed by atoms with Gasteiger partial charge in [0.2, 0.25) is 0 Å². The van der Waals surface area contributed by atoms with Gasteiger partial charge in [-0.25, -0.2) is 9.18 Å². The average molecular weight is 279 g/mol. The predicted octanol–water partition coefficient (Wildman–Crippen LogP) is 3.84. The number of hydrogen-bond donors (Lipinski definition) is 1. The molecule has 20 heavy (non-hydrogen) atoms. The number of nitrogen functional groups attached to an aromatic ring is 1. The number of nitrogens with two attached hydrogens (primary N) is 1. The number of aryl methyl sites for hydroxylation is 1. The fourth-order valence-electron chi connectivity index (χ4n) is 2.82. The highest BCUT2D eigenvalue weighted by Gasteiger charge is 2.25. The van der Waals surface area contributed by atoms with Crippen molar-refractivity contribution in [2.24, 2.45) is 5.92 Å². The molecule has 1 saturated carbocycles. The lowest BCUT2D eigenvalue weighted by Gasteiger charge is -2.27. The van der Waals surface area contributed by atoms with Crippen LogP contribution in [-0.4, -0.2) is 12.1 Å². The first-order valence-corrected chi connectivity index (χ1v) is 7.27. The minimum absolute atomic E-state index is 0.0554. The van der Waals surface area contributed by atoms with Crippen molar-refractivity contribution in [2.75, 3.05) is 5.73 Å². The van der Waals surface area contributed by atoms with Gasteiger partial charge in [0.25, 0.3) is 0 Å². The molecular formula is C16H22FNO2. The van der Waals surface area contributed by atoms with E-state index in [0.29, 0.717) is 11.3 Å². The molecule has 1 fully saturated rings. The number of esters is 1. The van der Waals surface area contributed by atoms with Gasteiger partial charge in [-0.15, -0.1) is 0 Å². The maximum absolute atomic E-state index is 13.9. The van der Waals surface area contributed by atoms with Gasteiger partial charge in [-0.3, -0.25) is 0 Å². The van der Waals surface area contributed by atoms with Crippen molar-refractivity contribution >= 4 is 11.7 Å². The van der Waals surface area contributed by atoms with E-state index in [1.54, 1.807) is 6.92 Å². The van der Waals surface area contributed by atoms with Crippen molar-refractivity contribution in [1.29, 1.82) is 0 Å². The van der Waals surface area contributed by atoms with Crippen molar-refractivity contribution in [3.05, 3.63) is 29.1 Å². The molecule has 2 N–H and O–H groups in total. The van der Waals surface area contributed by atoms with Crippen molar-refractivity contribution in [3.8, 4) is 0 Å². The van der Waals surface area contributed by atoms with Crippen LogP contribution < -0.4 is 5.73 Å². The molecule has 0 spiro atoms. The summed E-state index contributed by atoms with van der Waals surface area (Å²) in [6.07, 6.45) is 4.97. The normalized spacial score (nSPS) is 22.6. The fraction of sp³-hybridized carbons (Fsp3) is 0.562. The van der Waals surface area contributed by atoms with Crippen LogP contribution in [0, 0.1) is 18.7 Å². The number of carbonyl (C=O) groups excluding carboxylic acids is 1. The molecule has 0 unspecified atom stereocenters. The molecule has 1 aromatic rings. The first-order chi connectivity index (χ1) is 9.51. The van der Waals surface area contributed by atoms with Crippen molar-refractivity contribution in [1.82, 2.24) is 0 Å². The van der Waals surface area contributed by atoms with Crippen LogP contribution in [-0.2, 0) is 4.74 Å². The third-order valence-corrected chi connectivity index (χ3v) is 4.14. The summed E-state index contributed by atoms with van der Waals surface area (Å²) in [5.41, 5.74) is 6.35. The molecule has 0 radical (unpaired) electrons. The van der Waals surface area contributed by atoms with E-state index in [1.807, 2.05) is 0 Å². The highest BCUT2D eigenvalue weighted by molar-refractivity contribution is 5.91. The number of hydrogen-bond acceptors (Lipinski definition) is 3. The van der Waals surface area contributed by atoms with Gasteiger partial charge in [-0.05, 0) is 56.2 Å². The SMILES string of the molecule is CCC1CCC(OC(=O)c2cc(N)cc(C)c2F)CC1. The van der Waals surface area contributed by atoms with Crippen molar-refractivity contribution in [2.45, 2.75) is 52.1 Å². The lowest BCUT2D eigenvalue weighted by atomic mass is 9.86. The summed E-state index contributed by atoms with van der Waals surface area (Å²) in [6, 6.07) is 2.86. The van der Waals surface area contributed by atoms with E-state index < -0.39 is 11.8 Å². The number of halogens is 1. The van der Waals surface area contributed by atoms with Gasteiger partial charge in [0.15, 0.2) is 0 Å². The molecule has 0 atom stereocenters. The monoisotopic (exact) mass is 279 g/mol. The molecule has 1 aliphatic rings. The second-order valence-electron chi connectivity index (χ2n) is 5.66. The van der Waals surface area contributed by atoms with Crippen LogP contribution in [0.25, 0.3) is 0 Å². The van der Waals surface area contributed by atoms with Gasteiger partial charge in [-0.1, -0.05) is 13.3 Å². The van der Waals surface area contributed by atoms with E-state index in [4.69, 9.17) is 10.5 Å². The zero-order valence-corrected chi connectivity index (χ0v) is 12.1. The molecule has 0 heterocycles. The molecule has 0 aliphatic heterocycles. The van der Waals surface area contributed by atoms with Crippen molar-refractivity contribution < 1.29 is 13.9 Å². The topological polar surface area (TPSA) is 52.3 Å². The number of rotatable bonds is 3. The van der Waals surface area contributed by atoms with Crippen LogP contribution in [0.4, 0.5) is 10.1 Å². The molecule has 3 nitrogen and oxygen atoms in total. The summed E-state index contributed by atoms with van der Waals surface area (Å²) < 4.78 is 19.4. The third-order valence-electron chi connectivity index (χ3n) is 4.14. The van der Waals surface area contributed by atoms with E-state index in [9.17, 15) is 9.18 Å². The quantitative estimate of drug-likeness (QED) is 0.675. The van der Waals surface area contributed by atoms with E-state index in [0.717, 1.165) is 31.6 Å². The maximum Gasteiger partial charge on any atom is 0.341 e. The van der Waals surface area contributed by atoms with Crippen molar-refractivity contribution in [3.63, 3.8) is 0 Å². The van der Waals surface area contributed by atoms with Gasteiger partial charge in [0.05, 0.1) is 5.56 Å². The zero-order chi connectivity index (χ0) is 14.7. The summed E-state index contributed by atoms with van der Waals surface area (Å²) in [4.78, 5) is 12.1. The summed E-state index contributed by atoms with van der Waals surface area (Å²) >= 11 is 0. The first kappa shape index (κ1) is 14.8. The van der Waals surface area contributed by atoms with Crippen LogP contribution in [0.1, 0.15) is 54.9 Å². The Hall–Kier alpha value is -1.58. The third kappa shape index (κ3) is 3.30. The molecule has 0 bridgehead atoms. The molecule has 4 heteroatoms. The Kier molecular flexibility index (Phi) is 4.63. The second kappa shape index (κ2) is 6.25. The van der Waals surface area contributed by atoms with Crippen LogP contribution in [0.2, 0.25) is 0 Å². The van der Waals surface area contributed by atoms with Crippen LogP contribution in [0.5, 0.6) is 0 Å². The molecule has 0 aromatic heterocycles. The summed E-state index contributed by atoms with van der Waals surface area (Å²) in [5.74, 6) is -0.402.